The third-order valence-corrected chi connectivity index (χ3v) is 3.65. The van der Waals surface area contributed by atoms with Crippen molar-refractivity contribution in [1.82, 2.24) is 0 Å². The van der Waals surface area contributed by atoms with Gasteiger partial charge in [-0.15, -0.1) is 11.3 Å². The van der Waals surface area contributed by atoms with Crippen molar-refractivity contribution in [3.63, 3.8) is 0 Å². The van der Waals surface area contributed by atoms with Crippen molar-refractivity contribution in [2.24, 2.45) is 0 Å². The number of carbonyl (C=O) groups excluding carboxylic acids is 1. The molecule has 0 radical (unpaired) electrons. The summed E-state index contributed by atoms with van der Waals surface area (Å²) in [6.45, 7) is 0. The number of fused-ring (bicyclic) bond motifs is 1. The minimum atomic E-state index is 0.0821. The van der Waals surface area contributed by atoms with Crippen LogP contribution in [0.3, 0.4) is 0 Å². The third-order valence-electron chi connectivity index (χ3n) is 2.75. The van der Waals surface area contributed by atoms with Crippen LogP contribution in [-0.4, -0.2) is 5.78 Å². The summed E-state index contributed by atoms with van der Waals surface area (Å²) < 4.78 is 1.22. The zero-order chi connectivity index (χ0) is 11.7. The fourth-order valence-electron chi connectivity index (χ4n) is 1.86. The standard InChI is InChI=1S/C15H10OS/c16-15(11-4-2-1-3-5-11)13-6-7-14-12(10-13)8-9-17-14/h1-10H. The molecule has 0 spiro atoms. The lowest BCUT2D eigenvalue weighted by Crippen LogP contribution is -2.00. The van der Waals surface area contributed by atoms with Gasteiger partial charge >= 0.3 is 0 Å². The van der Waals surface area contributed by atoms with Crippen LogP contribution in [0.25, 0.3) is 10.1 Å². The lowest BCUT2D eigenvalue weighted by Gasteiger charge is -2.01. The Morgan fingerprint density at radius 1 is 0.882 bits per heavy atom. The first-order valence-corrected chi connectivity index (χ1v) is 6.29. The second kappa shape index (κ2) is 4.15. The van der Waals surface area contributed by atoms with E-state index in [0.717, 1.165) is 16.5 Å². The number of hydrogen-bond acceptors (Lipinski definition) is 2. The van der Waals surface area contributed by atoms with Gasteiger partial charge in [0.2, 0.25) is 0 Å². The van der Waals surface area contributed by atoms with Gasteiger partial charge in [0.1, 0.15) is 0 Å². The Balaban J connectivity index is 2.06. The maximum atomic E-state index is 12.2. The van der Waals surface area contributed by atoms with E-state index in [2.05, 4.69) is 0 Å². The summed E-state index contributed by atoms with van der Waals surface area (Å²) in [7, 11) is 0. The molecule has 0 bridgehead atoms. The van der Waals surface area contributed by atoms with Crippen molar-refractivity contribution in [2.75, 3.05) is 0 Å². The van der Waals surface area contributed by atoms with Crippen molar-refractivity contribution in [3.8, 4) is 0 Å². The van der Waals surface area contributed by atoms with E-state index in [1.807, 2.05) is 60.0 Å². The highest BCUT2D eigenvalue weighted by Gasteiger charge is 2.08. The molecule has 1 nitrogen and oxygen atoms in total. The second-order valence-electron chi connectivity index (χ2n) is 3.87. The molecule has 0 atom stereocenters. The normalized spacial score (nSPS) is 10.6. The number of ketones is 1. The van der Waals surface area contributed by atoms with Gasteiger partial charge in [0.25, 0.3) is 0 Å². The van der Waals surface area contributed by atoms with Gasteiger partial charge in [-0.1, -0.05) is 30.3 Å². The number of carbonyl (C=O) groups is 1. The number of hydrogen-bond donors (Lipinski definition) is 0. The van der Waals surface area contributed by atoms with E-state index >= 15 is 0 Å². The van der Waals surface area contributed by atoms with Crippen LogP contribution in [0, 0.1) is 0 Å². The largest absolute Gasteiger partial charge is 0.289 e. The van der Waals surface area contributed by atoms with E-state index < -0.39 is 0 Å². The minimum Gasteiger partial charge on any atom is -0.289 e. The van der Waals surface area contributed by atoms with E-state index in [0.29, 0.717) is 0 Å². The summed E-state index contributed by atoms with van der Waals surface area (Å²) in [5, 5.41) is 3.18. The quantitative estimate of drug-likeness (QED) is 0.613. The minimum absolute atomic E-state index is 0.0821. The fourth-order valence-corrected chi connectivity index (χ4v) is 2.64. The molecule has 0 unspecified atom stereocenters. The van der Waals surface area contributed by atoms with E-state index in [1.165, 1.54) is 4.70 Å². The van der Waals surface area contributed by atoms with Gasteiger partial charge in [-0.2, -0.15) is 0 Å². The lowest BCUT2D eigenvalue weighted by atomic mass is 10.0. The molecule has 0 N–H and O–H groups in total. The van der Waals surface area contributed by atoms with Crippen molar-refractivity contribution in [2.45, 2.75) is 0 Å². The van der Waals surface area contributed by atoms with Crippen LogP contribution >= 0.6 is 11.3 Å². The van der Waals surface area contributed by atoms with Gasteiger partial charge in [-0.05, 0) is 35.0 Å². The summed E-state index contributed by atoms with van der Waals surface area (Å²) in [5.74, 6) is 0.0821. The Bertz CT molecular complexity index is 667. The predicted molar refractivity (Wildman–Crippen MR) is 71.7 cm³/mol. The Hall–Kier alpha value is -1.93. The summed E-state index contributed by atoms with van der Waals surface area (Å²) in [6.07, 6.45) is 0. The van der Waals surface area contributed by atoms with Gasteiger partial charge in [0.05, 0.1) is 0 Å². The maximum Gasteiger partial charge on any atom is 0.193 e. The number of thiophene rings is 1. The first-order valence-electron chi connectivity index (χ1n) is 5.41. The van der Waals surface area contributed by atoms with Crippen LogP contribution in [-0.2, 0) is 0 Å². The molecule has 0 saturated carbocycles. The lowest BCUT2D eigenvalue weighted by molar-refractivity contribution is 0.103. The zero-order valence-electron chi connectivity index (χ0n) is 9.09. The van der Waals surface area contributed by atoms with Gasteiger partial charge < -0.3 is 0 Å². The second-order valence-corrected chi connectivity index (χ2v) is 4.82. The molecule has 0 fully saturated rings. The van der Waals surface area contributed by atoms with Gasteiger partial charge in [-0.3, -0.25) is 4.79 Å². The third kappa shape index (κ3) is 1.87. The number of benzene rings is 2. The average Bonchev–Trinajstić information content (AvgIpc) is 2.86. The molecule has 0 saturated heterocycles. The van der Waals surface area contributed by atoms with Crippen molar-refractivity contribution >= 4 is 27.2 Å². The van der Waals surface area contributed by atoms with Crippen molar-refractivity contribution in [1.29, 1.82) is 0 Å². The monoisotopic (exact) mass is 238 g/mol. The topological polar surface area (TPSA) is 17.1 Å². The first kappa shape index (κ1) is 10.2. The summed E-state index contributed by atoms with van der Waals surface area (Å²) in [5.41, 5.74) is 1.49. The van der Waals surface area contributed by atoms with Crippen LogP contribution in [0.15, 0.2) is 60.0 Å². The molecule has 1 aromatic heterocycles. The first-order chi connectivity index (χ1) is 8.34. The van der Waals surface area contributed by atoms with E-state index in [1.54, 1.807) is 11.3 Å². The Labute approximate surface area is 103 Å². The molecule has 17 heavy (non-hydrogen) atoms. The highest BCUT2D eigenvalue weighted by Crippen LogP contribution is 2.22. The molecular weight excluding hydrogens is 228 g/mol. The molecule has 0 aliphatic carbocycles. The average molecular weight is 238 g/mol. The summed E-state index contributed by atoms with van der Waals surface area (Å²) >= 11 is 1.69. The Morgan fingerprint density at radius 2 is 1.71 bits per heavy atom. The van der Waals surface area contributed by atoms with E-state index in [9.17, 15) is 4.79 Å². The van der Waals surface area contributed by atoms with Gasteiger partial charge in [0, 0.05) is 15.8 Å². The molecule has 82 valence electrons. The van der Waals surface area contributed by atoms with E-state index in [4.69, 9.17) is 0 Å². The van der Waals surface area contributed by atoms with Crippen LogP contribution in [0.1, 0.15) is 15.9 Å². The van der Waals surface area contributed by atoms with Crippen molar-refractivity contribution in [3.05, 3.63) is 71.1 Å². The molecule has 0 aliphatic rings. The van der Waals surface area contributed by atoms with Crippen LogP contribution in [0.4, 0.5) is 0 Å². The van der Waals surface area contributed by atoms with Crippen LogP contribution in [0.5, 0.6) is 0 Å². The Morgan fingerprint density at radius 3 is 2.53 bits per heavy atom. The molecule has 1 heterocycles. The molecule has 0 amide bonds. The maximum absolute atomic E-state index is 12.2. The van der Waals surface area contributed by atoms with E-state index in [-0.39, 0.29) is 5.78 Å². The molecule has 2 heteroatoms. The molecular formula is C15H10OS. The van der Waals surface area contributed by atoms with Crippen LogP contribution < -0.4 is 0 Å². The summed E-state index contributed by atoms with van der Waals surface area (Å²) in [6, 6.07) is 17.3. The zero-order valence-corrected chi connectivity index (χ0v) is 9.91. The van der Waals surface area contributed by atoms with Gasteiger partial charge in [0.15, 0.2) is 5.78 Å². The van der Waals surface area contributed by atoms with Crippen LogP contribution in [0.2, 0.25) is 0 Å². The predicted octanol–water partition coefficient (Wildman–Crippen LogP) is 4.13. The molecule has 0 aliphatic heterocycles. The highest BCUT2D eigenvalue weighted by atomic mass is 32.1. The molecule has 3 rings (SSSR count). The highest BCUT2D eigenvalue weighted by molar-refractivity contribution is 7.17. The van der Waals surface area contributed by atoms with Crippen molar-refractivity contribution < 1.29 is 4.79 Å². The number of rotatable bonds is 2. The smallest absolute Gasteiger partial charge is 0.193 e. The van der Waals surface area contributed by atoms with Gasteiger partial charge in [-0.25, -0.2) is 0 Å². The molecule has 2 aromatic carbocycles. The molecule has 3 aromatic rings. The summed E-state index contributed by atoms with van der Waals surface area (Å²) in [4.78, 5) is 12.2. The SMILES string of the molecule is O=C(c1ccccc1)c1ccc2sccc2c1. The fraction of sp³-hybridized carbons (Fsp3) is 0. The Kier molecular flexibility index (Phi) is 2.50.